The lowest BCUT2D eigenvalue weighted by molar-refractivity contribution is 0.598. The number of tetrazole rings is 1. The largest absolute Gasteiger partial charge is 0.278 e. The number of sulfone groups is 1. The van der Waals surface area contributed by atoms with Crippen molar-refractivity contribution in [2.75, 3.05) is 6.26 Å². The summed E-state index contributed by atoms with van der Waals surface area (Å²) in [7, 11) is -3.57. The molecule has 120 valence electrons. The van der Waals surface area contributed by atoms with E-state index in [9.17, 15) is 8.42 Å². The Kier molecular flexibility index (Phi) is 3.13. The maximum atomic E-state index is 12.1. The molecule has 2 N–H and O–H groups in total. The molecule has 0 spiro atoms. The zero-order valence-electron chi connectivity index (χ0n) is 12.4. The van der Waals surface area contributed by atoms with Gasteiger partial charge in [0, 0.05) is 17.8 Å². The van der Waals surface area contributed by atoms with Crippen molar-refractivity contribution in [2.45, 2.75) is 5.03 Å². The van der Waals surface area contributed by atoms with Crippen molar-refractivity contribution in [3.63, 3.8) is 0 Å². The lowest BCUT2D eigenvalue weighted by Crippen LogP contribution is -2.05. The van der Waals surface area contributed by atoms with E-state index in [0.29, 0.717) is 11.1 Å². The Morgan fingerprint density at radius 1 is 1.12 bits per heavy atom. The molecular weight excluding hydrogens is 330 g/mol. The van der Waals surface area contributed by atoms with Crippen LogP contribution in [0.25, 0.3) is 33.4 Å². The second-order valence-electron chi connectivity index (χ2n) is 5.23. The Bertz CT molecular complexity index is 1130. The first kappa shape index (κ1) is 14.5. The van der Waals surface area contributed by atoms with E-state index in [2.05, 4.69) is 35.8 Å². The number of aromatic nitrogens is 7. The van der Waals surface area contributed by atoms with Gasteiger partial charge in [0.15, 0.2) is 20.7 Å². The summed E-state index contributed by atoms with van der Waals surface area (Å²) in [6.45, 7) is 0. The molecule has 0 fully saturated rings. The number of rotatable bonds is 3. The molecule has 4 aromatic rings. The maximum absolute atomic E-state index is 12.1. The third-order valence-electron chi connectivity index (χ3n) is 3.60. The molecule has 0 atom stereocenters. The van der Waals surface area contributed by atoms with Crippen LogP contribution in [0.5, 0.6) is 0 Å². The summed E-state index contributed by atoms with van der Waals surface area (Å²) in [5, 5.41) is 21.3. The minimum Gasteiger partial charge on any atom is -0.278 e. The summed E-state index contributed by atoms with van der Waals surface area (Å²) in [5.41, 5.74) is 2.70. The molecule has 0 amide bonds. The quantitative estimate of drug-likeness (QED) is 0.572. The first-order valence-electron chi connectivity index (χ1n) is 6.91. The van der Waals surface area contributed by atoms with Gasteiger partial charge in [-0.25, -0.2) is 18.5 Å². The highest BCUT2D eigenvalue weighted by molar-refractivity contribution is 7.90. The molecule has 3 heterocycles. The molecule has 0 aliphatic rings. The standard InChI is InChI=1S/C14H11N7O2S/c1-24(22,23)14-12(13-18-20-21-19-13)10(4-5-15-14)8-2-3-11-9(6-8)7-16-17-11/h2-7H,1H3,(H,16,17)(H,18,19,20,21). The molecule has 3 aromatic heterocycles. The number of H-pyrrole nitrogens is 2. The Labute approximate surface area is 136 Å². The predicted molar refractivity (Wildman–Crippen MR) is 85.6 cm³/mol. The molecule has 0 radical (unpaired) electrons. The number of benzene rings is 1. The Balaban J connectivity index is 2.05. The summed E-state index contributed by atoms with van der Waals surface area (Å²) in [6.07, 6.45) is 4.26. The van der Waals surface area contributed by atoms with Crippen molar-refractivity contribution in [1.82, 2.24) is 35.8 Å². The Morgan fingerprint density at radius 2 is 2.00 bits per heavy atom. The van der Waals surface area contributed by atoms with Crippen molar-refractivity contribution in [3.8, 4) is 22.5 Å². The van der Waals surface area contributed by atoms with E-state index >= 15 is 0 Å². The van der Waals surface area contributed by atoms with E-state index in [1.807, 2.05) is 18.2 Å². The molecule has 10 heteroatoms. The predicted octanol–water partition coefficient (Wildman–Crippen LogP) is 1.21. The average Bonchev–Trinajstić information content (AvgIpc) is 3.24. The lowest BCUT2D eigenvalue weighted by atomic mass is 10.00. The molecule has 9 nitrogen and oxygen atoms in total. The molecule has 0 saturated carbocycles. The van der Waals surface area contributed by atoms with Crippen molar-refractivity contribution in [3.05, 3.63) is 36.7 Å². The third-order valence-corrected chi connectivity index (χ3v) is 4.61. The highest BCUT2D eigenvalue weighted by atomic mass is 32.2. The first-order valence-corrected chi connectivity index (χ1v) is 8.80. The minimum atomic E-state index is -3.57. The van der Waals surface area contributed by atoms with Crippen LogP contribution in [-0.2, 0) is 9.84 Å². The topological polar surface area (TPSA) is 130 Å². The van der Waals surface area contributed by atoms with Gasteiger partial charge in [0.05, 0.1) is 17.3 Å². The molecule has 0 bridgehead atoms. The van der Waals surface area contributed by atoms with Crippen LogP contribution in [-0.4, -0.2) is 50.5 Å². The molecule has 0 unspecified atom stereocenters. The molecular formula is C14H11N7O2S. The van der Waals surface area contributed by atoms with Crippen LogP contribution in [0.2, 0.25) is 0 Å². The maximum Gasteiger partial charge on any atom is 0.193 e. The van der Waals surface area contributed by atoms with Gasteiger partial charge >= 0.3 is 0 Å². The SMILES string of the molecule is CS(=O)(=O)c1nccc(-c2ccc3[nH]ncc3c2)c1-c1nnn[nH]1. The molecule has 0 aliphatic carbocycles. The fraction of sp³-hybridized carbons (Fsp3) is 0.0714. The fourth-order valence-electron chi connectivity index (χ4n) is 2.57. The van der Waals surface area contributed by atoms with Gasteiger partial charge in [-0.15, -0.1) is 5.10 Å². The molecule has 0 aliphatic heterocycles. The van der Waals surface area contributed by atoms with Gasteiger partial charge in [0.25, 0.3) is 0 Å². The monoisotopic (exact) mass is 341 g/mol. The molecule has 0 saturated heterocycles. The summed E-state index contributed by atoms with van der Waals surface area (Å²) in [5.74, 6) is 0.241. The van der Waals surface area contributed by atoms with Gasteiger partial charge in [0.2, 0.25) is 0 Å². The van der Waals surface area contributed by atoms with Crippen LogP contribution in [0.3, 0.4) is 0 Å². The number of nitrogens with one attached hydrogen (secondary N) is 2. The van der Waals surface area contributed by atoms with E-state index in [4.69, 9.17) is 0 Å². The molecule has 24 heavy (non-hydrogen) atoms. The van der Waals surface area contributed by atoms with Crippen LogP contribution in [0.15, 0.2) is 41.7 Å². The zero-order valence-corrected chi connectivity index (χ0v) is 13.2. The third kappa shape index (κ3) is 2.33. The summed E-state index contributed by atoms with van der Waals surface area (Å²) in [6, 6.07) is 7.39. The second-order valence-corrected chi connectivity index (χ2v) is 7.16. The molecule has 1 aromatic carbocycles. The number of pyridine rings is 1. The van der Waals surface area contributed by atoms with Gasteiger partial charge in [-0.3, -0.25) is 5.10 Å². The summed E-state index contributed by atoms with van der Waals surface area (Å²) < 4.78 is 24.3. The average molecular weight is 341 g/mol. The second kappa shape index (κ2) is 5.20. The van der Waals surface area contributed by atoms with Gasteiger partial charge in [0.1, 0.15) is 0 Å². The van der Waals surface area contributed by atoms with Crippen LogP contribution in [0, 0.1) is 0 Å². The van der Waals surface area contributed by atoms with Crippen LogP contribution in [0.1, 0.15) is 0 Å². The lowest BCUT2D eigenvalue weighted by Gasteiger charge is -2.11. The van der Waals surface area contributed by atoms with Gasteiger partial charge < -0.3 is 0 Å². The van der Waals surface area contributed by atoms with E-state index < -0.39 is 9.84 Å². The fourth-order valence-corrected chi connectivity index (χ4v) is 3.40. The number of hydrogen-bond acceptors (Lipinski definition) is 7. The number of nitrogens with zero attached hydrogens (tertiary/aromatic N) is 5. The van der Waals surface area contributed by atoms with E-state index in [1.165, 1.54) is 6.20 Å². The van der Waals surface area contributed by atoms with E-state index in [1.54, 1.807) is 12.3 Å². The first-order chi connectivity index (χ1) is 11.5. The Hall–Kier alpha value is -3.14. The highest BCUT2D eigenvalue weighted by Crippen LogP contribution is 2.34. The van der Waals surface area contributed by atoms with Crippen LogP contribution in [0.4, 0.5) is 0 Å². The number of hydrogen-bond donors (Lipinski definition) is 2. The highest BCUT2D eigenvalue weighted by Gasteiger charge is 2.23. The van der Waals surface area contributed by atoms with Crippen molar-refractivity contribution >= 4 is 20.7 Å². The summed E-state index contributed by atoms with van der Waals surface area (Å²) in [4.78, 5) is 4.02. The van der Waals surface area contributed by atoms with Crippen molar-refractivity contribution in [1.29, 1.82) is 0 Å². The Morgan fingerprint density at radius 3 is 2.75 bits per heavy atom. The number of fused-ring (bicyclic) bond motifs is 1. The van der Waals surface area contributed by atoms with Crippen LogP contribution >= 0.6 is 0 Å². The van der Waals surface area contributed by atoms with Crippen molar-refractivity contribution in [2.24, 2.45) is 0 Å². The normalized spacial score (nSPS) is 11.9. The molecule has 4 rings (SSSR count). The zero-order chi connectivity index (χ0) is 16.7. The summed E-state index contributed by atoms with van der Waals surface area (Å²) >= 11 is 0. The van der Waals surface area contributed by atoms with E-state index in [0.717, 1.165) is 22.7 Å². The van der Waals surface area contributed by atoms with Gasteiger partial charge in [-0.05, 0) is 39.8 Å². The van der Waals surface area contributed by atoms with Gasteiger partial charge in [-0.2, -0.15) is 5.10 Å². The van der Waals surface area contributed by atoms with Gasteiger partial charge in [-0.1, -0.05) is 6.07 Å². The smallest absolute Gasteiger partial charge is 0.193 e. The minimum absolute atomic E-state index is 0.0779. The van der Waals surface area contributed by atoms with Crippen LogP contribution < -0.4 is 0 Å². The van der Waals surface area contributed by atoms with Crippen molar-refractivity contribution < 1.29 is 8.42 Å². The number of aromatic amines is 2. The van der Waals surface area contributed by atoms with E-state index in [-0.39, 0.29) is 10.9 Å².